The molecule has 10 nitrogen and oxygen atoms in total. The van der Waals surface area contributed by atoms with Crippen LogP contribution >= 0.6 is 11.6 Å². The zero-order valence-electron chi connectivity index (χ0n) is 17.7. The molecule has 0 aliphatic carbocycles. The van der Waals surface area contributed by atoms with Crippen LogP contribution in [0.25, 0.3) is 0 Å². The minimum Gasteiger partial charge on any atom is -0.489 e. The van der Waals surface area contributed by atoms with E-state index in [2.05, 4.69) is 25.1 Å². The van der Waals surface area contributed by atoms with Crippen LogP contribution in [-0.2, 0) is 9.53 Å². The lowest BCUT2D eigenvalue weighted by Gasteiger charge is -2.35. The highest BCUT2D eigenvalue weighted by atomic mass is 35.5. The molecular formula is C20H27ClN6O4. The summed E-state index contributed by atoms with van der Waals surface area (Å²) in [6, 6.07) is 0. The van der Waals surface area contributed by atoms with Crippen LogP contribution in [0, 0.1) is 6.92 Å². The van der Waals surface area contributed by atoms with Gasteiger partial charge in [0.1, 0.15) is 23.3 Å². The summed E-state index contributed by atoms with van der Waals surface area (Å²) in [6.07, 6.45) is 5.50. The van der Waals surface area contributed by atoms with Crippen LogP contribution < -0.4 is 15.2 Å². The molecule has 1 fully saturated rings. The lowest BCUT2D eigenvalue weighted by molar-refractivity contribution is -0.133. The summed E-state index contributed by atoms with van der Waals surface area (Å²) in [5.41, 5.74) is 0.198. The number of aromatic amines is 1. The number of hydrogen-bond acceptors (Lipinski definition) is 8. The molecule has 11 heteroatoms. The normalized spacial score (nSPS) is 15.1. The molecule has 1 atom stereocenters. The molecule has 1 aliphatic rings. The number of piperazine rings is 1. The van der Waals surface area contributed by atoms with Gasteiger partial charge in [-0.15, -0.1) is 0 Å². The summed E-state index contributed by atoms with van der Waals surface area (Å²) in [5.74, 6) is 1.26. The van der Waals surface area contributed by atoms with Crippen LogP contribution in [0.5, 0.6) is 5.75 Å². The van der Waals surface area contributed by atoms with Crippen molar-refractivity contribution in [1.29, 1.82) is 0 Å². The molecule has 0 bridgehead atoms. The van der Waals surface area contributed by atoms with Crippen molar-refractivity contribution in [3.05, 3.63) is 39.7 Å². The third-order valence-electron chi connectivity index (χ3n) is 5.17. The number of hydrogen-bond donors (Lipinski definition) is 1. The Morgan fingerprint density at radius 3 is 2.68 bits per heavy atom. The first kappa shape index (κ1) is 23.0. The highest BCUT2D eigenvalue weighted by Gasteiger charge is 2.22. The van der Waals surface area contributed by atoms with Crippen molar-refractivity contribution in [1.82, 2.24) is 25.1 Å². The van der Waals surface area contributed by atoms with E-state index in [1.54, 1.807) is 13.1 Å². The minimum atomic E-state index is -0.278. The summed E-state index contributed by atoms with van der Waals surface area (Å²) < 4.78 is 11.5. The van der Waals surface area contributed by atoms with Gasteiger partial charge in [0.05, 0.1) is 43.3 Å². The molecule has 2 aromatic rings. The monoisotopic (exact) mass is 450 g/mol. The number of H-pyrrole nitrogens is 1. The van der Waals surface area contributed by atoms with Gasteiger partial charge in [0, 0.05) is 26.2 Å². The lowest BCUT2D eigenvalue weighted by Crippen LogP contribution is -2.49. The summed E-state index contributed by atoms with van der Waals surface area (Å²) in [5, 5.41) is 6.46. The van der Waals surface area contributed by atoms with Crippen LogP contribution in [0.1, 0.15) is 25.3 Å². The Hall–Kier alpha value is -2.72. The molecule has 0 spiro atoms. The van der Waals surface area contributed by atoms with Crippen LogP contribution in [0.4, 0.5) is 5.82 Å². The maximum absolute atomic E-state index is 12.5. The first-order valence-electron chi connectivity index (χ1n) is 10.3. The van der Waals surface area contributed by atoms with Gasteiger partial charge in [-0.2, -0.15) is 5.10 Å². The van der Waals surface area contributed by atoms with Gasteiger partial charge >= 0.3 is 0 Å². The highest BCUT2D eigenvalue weighted by Crippen LogP contribution is 2.15. The van der Waals surface area contributed by atoms with Crippen LogP contribution in [0.3, 0.4) is 0 Å². The molecule has 0 unspecified atom stereocenters. The molecule has 31 heavy (non-hydrogen) atoms. The first-order chi connectivity index (χ1) is 15.0. The summed E-state index contributed by atoms with van der Waals surface area (Å²) >= 11 is 5.78. The molecule has 1 N–H and O–H groups in total. The predicted octanol–water partition coefficient (Wildman–Crippen LogP) is 1.43. The standard InChI is InChI=1S/C20H27ClN6O4/c1-3-15(13-31-16-10-24-25-20(29)14(16)2)30-9-4-19(28)27-7-5-26(6-8-27)18-12-22-17(21)11-23-18/h10-12,15H,3-9,13H2,1-2H3,(H,25,29)/t15-/m0/s1. The molecule has 1 saturated heterocycles. The molecule has 0 aromatic carbocycles. The molecule has 1 amide bonds. The van der Waals surface area contributed by atoms with Gasteiger partial charge in [0.2, 0.25) is 5.91 Å². The first-order valence-corrected chi connectivity index (χ1v) is 10.6. The van der Waals surface area contributed by atoms with E-state index in [4.69, 9.17) is 21.1 Å². The van der Waals surface area contributed by atoms with E-state index < -0.39 is 0 Å². The molecule has 2 aromatic heterocycles. The van der Waals surface area contributed by atoms with E-state index in [0.29, 0.717) is 55.7 Å². The zero-order chi connectivity index (χ0) is 22.2. The molecular weight excluding hydrogens is 424 g/mol. The van der Waals surface area contributed by atoms with E-state index in [1.165, 1.54) is 12.4 Å². The number of amides is 1. The summed E-state index contributed by atoms with van der Waals surface area (Å²) in [4.78, 5) is 36.3. The summed E-state index contributed by atoms with van der Waals surface area (Å²) in [6.45, 7) is 6.90. The van der Waals surface area contributed by atoms with Crippen molar-refractivity contribution in [2.45, 2.75) is 32.8 Å². The Morgan fingerprint density at radius 2 is 2.00 bits per heavy atom. The maximum Gasteiger partial charge on any atom is 0.270 e. The van der Waals surface area contributed by atoms with Crippen LogP contribution in [-0.4, -0.2) is 76.5 Å². The van der Waals surface area contributed by atoms with E-state index in [1.807, 2.05) is 11.8 Å². The van der Waals surface area contributed by atoms with Crippen molar-refractivity contribution >= 4 is 23.3 Å². The Morgan fingerprint density at radius 1 is 1.23 bits per heavy atom. The van der Waals surface area contributed by atoms with Crippen molar-refractivity contribution in [3.8, 4) is 5.75 Å². The van der Waals surface area contributed by atoms with Crippen LogP contribution in [0.2, 0.25) is 5.15 Å². The second kappa shape index (κ2) is 11.1. The molecule has 168 valence electrons. The number of nitrogens with zero attached hydrogens (tertiary/aromatic N) is 5. The number of aromatic nitrogens is 4. The number of rotatable bonds is 9. The number of halogens is 1. The fourth-order valence-corrected chi connectivity index (χ4v) is 3.28. The van der Waals surface area contributed by atoms with Crippen molar-refractivity contribution in [2.75, 3.05) is 44.3 Å². The van der Waals surface area contributed by atoms with E-state index in [9.17, 15) is 9.59 Å². The van der Waals surface area contributed by atoms with Crippen molar-refractivity contribution < 1.29 is 14.3 Å². The quantitative estimate of drug-likeness (QED) is 0.610. The van der Waals surface area contributed by atoms with Gasteiger partial charge < -0.3 is 19.3 Å². The number of anilines is 1. The van der Waals surface area contributed by atoms with E-state index in [-0.39, 0.29) is 24.2 Å². The van der Waals surface area contributed by atoms with Gasteiger partial charge in [-0.3, -0.25) is 9.59 Å². The SMILES string of the molecule is CC[C@@H](COc1cn[nH]c(=O)c1C)OCCC(=O)N1CCN(c2cnc(Cl)cn2)CC1. The molecule has 0 saturated carbocycles. The van der Waals surface area contributed by atoms with Gasteiger partial charge in [-0.1, -0.05) is 18.5 Å². The maximum atomic E-state index is 12.5. The fourth-order valence-electron chi connectivity index (χ4n) is 3.18. The molecule has 3 heterocycles. The van der Waals surface area contributed by atoms with Gasteiger partial charge in [0.15, 0.2) is 0 Å². The van der Waals surface area contributed by atoms with E-state index >= 15 is 0 Å². The average molecular weight is 451 g/mol. The Balaban J connectivity index is 1.38. The Bertz CT molecular complexity index is 915. The lowest BCUT2D eigenvalue weighted by atomic mass is 10.2. The van der Waals surface area contributed by atoms with Gasteiger partial charge in [-0.25, -0.2) is 15.1 Å². The highest BCUT2D eigenvalue weighted by molar-refractivity contribution is 6.29. The van der Waals surface area contributed by atoms with Crippen molar-refractivity contribution in [3.63, 3.8) is 0 Å². The molecule has 3 rings (SSSR count). The van der Waals surface area contributed by atoms with Crippen molar-refractivity contribution in [2.24, 2.45) is 0 Å². The second-order valence-corrected chi connectivity index (χ2v) is 7.60. The van der Waals surface area contributed by atoms with Gasteiger partial charge in [0.25, 0.3) is 5.56 Å². The zero-order valence-corrected chi connectivity index (χ0v) is 18.5. The average Bonchev–Trinajstić information content (AvgIpc) is 2.79. The topological polar surface area (TPSA) is 114 Å². The smallest absolute Gasteiger partial charge is 0.270 e. The Kier molecular flexibility index (Phi) is 8.19. The fraction of sp³-hybridized carbons (Fsp3) is 0.550. The molecule has 1 aliphatic heterocycles. The summed E-state index contributed by atoms with van der Waals surface area (Å²) in [7, 11) is 0. The number of ether oxygens (including phenoxy) is 2. The third-order valence-corrected chi connectivity index (χ3v) is 5.37. The third kappa shape index (κ3) is 6.38. The van der Waals surface area contributed by atoms with Gasteiger partial charge in [-0.05, 0) is 13.3 Å². The predicted molar refractivity (Wildman–Crippen MR) is 116 cm³/mol. The number of carbonyl (C=O) groups excluding carboxylic acids is 1. The largest absolute Gasteiger partial charge is 0.489 e. The Labute approximate surface area is 185 Å². The number of nitrogens with one attached hydrogen (secondary N) is 1. The van der Waals surface area contributed by atoms with E-state index in [0.717, 1.165) is 12.2 Å². The second-order valence-electron chi connectivity index (χ2n) is 7.22. The number of carbonyl (C=O) groups is 1. The molecule has 0 radical (unpaired) electrons. The minimum absolute atomic E-state index is 0.0623. The van der Waals surface area contributed by atoms with Crippen LogP contribution in [0.15, 0.2) is 23.4 Å².